The molecule has 32 heavy (non-hydrogen) atoms. The molecule has 7 nitrogen and oxygen atoms in total. The van der Waals surface area contributed by atoms with Gasteiger partial charge in [0.05, 0.1) is 28.1 Å². The molecule has 3 aromatic heterocycles. The molecule has 0 aliphatic rings. The number of carbonyl (C=O) groups excluding carboxylic acids is 1. The minimum absolute atomic E-state index is 0.0638. The number of nitrogens with zero attached hydrogens (tertiary/aromatic N) is 3. The molecule has 0 unspecified atom stereocenters. The first-order valence-corrected chi connectivity index (χ1v) is 11.1. The summed E-state index contributed by atoms with van der Waals surface area (Å²) in [6.07, 6.45) is 0. The molecule has 166 valence electrons. The molecule has 3 heterocycles. The molecule has 4 rings (SSSR count). The smallest absolute Gasteiger partial charge is 0.387 e. The Kier molecular flexibility index (Phi) is 6.38. The monoisotopic (exact) mass is 522 g/mol. The van der Waals surface area contributed by atoms with Gasteiger partial charge in [0.2, 0.25) is 0 Å². The van der Waals surface area contributed by atoms with Crippen molar-refractivity contribution in [3.8, 4) is 17.0 Å². The standard InChI is InChI=1S/C21H17BrF2N4O3S/c1-11-18(22)12(2)28(27-11)9-15-7-8-17(30-15)19(29)26-21-25-16(10-32-21)13-3-5-14(6-4-13)31-20(23)24/h3-8,10,20H,9H2,1-2H3,(H,25,26,29). The van der Waals surface area contributed by atoms with Crippen LogP contribution in [0.2, 0.25) is 0 Å². The maximum Gasteiger partial charge on any atom is 0.387 e. The van der Waals surface area contributed by atoms with Gasteiger partial charge < -0.3 is 9.15 Å². The fourth-order valence-corrected chi connectivity index (χ4v) is 3.99. The molecule has 0 spiro atoms. The number of rotatable bonds is 7. The van der Waals surface area contributed by atoms with Gasteiger partial charge in [0.25, 0.3) is 5.91 Å². The van der Waals surface area contributed by atoms with Crippen LogP contribution in [0.1, 0.15) is 27.7 Å². The topological polar surface area (TPSA) is 82.2 Å². The number of hydrogen-bond acceptors (Lipinski definition) is 6. The highest BCUT2D eigenvalue weighted by Crippen LogP contribution is 2.27. The van der Waals surface area contributed by atoms with Gasteiger partial charge in [-0.1, -0.05) is 0 Å². The van der Waals surface area contributed by atoms with Gasteiger partial charge in [-0.25, -0.2) is 4.98 Å². The summed E-state index contributed by atoms with van der Waals surface area (Å²) in [6, 6.07) is 9.44. The molecule has 0 bridgehead atoms. The van der Waals surface area contributed by atoms with Crippen LogP contribution in [0.25, 0.3) is 11.3 Å². The fraction of sp³-hybridized carbons (Fsp3) is 0.190. The van der Waals surface area contributed by atoms with E-state index in [1.165, 1.54) is 23.5 Å². The number of amides is 1. The van der Waals surface area contributed by atoms with Crippen LogP contribution in [-0.2, 0) is 6.54 Å². The molecular weight excluding hydrogens is 506 g/mol. The summed E-state index contributed by atoms with van der Waals surface area (Å²) in [5.74, 6) is 0.395. The molecule has 0 atom stereocenters. The normalized spacial score (nSPS) is 11.2. The van der Waals surface area contributed by atoms with Crippen molar-refractivity contribution >= 4 is 38.3 Å². The van der Waals surface area contributed by atoms with Gasteiger partial charge in [0.15, 0.2) is 10.9 Å². The third-order valence-electron chi connectivity index (χ3n) is 4.58. The molecule has 0 saturated heterocycles. The third kappa shape index (κ3) is 4.89. The van der Waals surface area contributed by atoms with E-state index in [0.29, 0.717) is 28.7 Å². The second-order valence-corrected chi connectivity index (χ2v) is 8.45. The van der Waals surface area contributed by atoms with Crippen LogP contribution < -0.4 is 10.1 Å². The maximum absolute atomic E-state index is 12.5. The Bertz CT molecular complexity index is 1250. The summed E-state index contributed by atoms with van der Waals surface area (Å²) in [5, 5.41) is 9.29. The molecule has 1 aromatic carbocycles. The zero-order valence-electron chi connectivity index (χ0n) is 16.9. The van der Waals surface area contributed by atoms with Crippen LogP contribution in [0, 0.1) is 13.8 Å². The van der Waals surface area contributed by atoms with E-state index in [1.807, 2.05) is 13.8 Å². The van der Waals surface area contributed by atoms with Crippen LogP contribution in [0.15, 0.2) is 50.7 Å². The Morgan fingerprint density at radius 1 is 1.25 bits per heavy atom. The SMILES string of the molecule is Cc1nn(Cc2ccc(C(=O)Nc3nc(-c4ccc(OC(F)F)cc4)cs3)o2)c(C)c1Br. The van der Waals surface area contributed by atoms with Gasteiger partial charge in [-0.3, -0.25) is 14.8 Å². The Morgan fingerprint density at radius 3 is 2.66 bits per heavy atom. The molecule has 4 aromatic rings. The number of aromatic nitrogens is 3. The first-order chi connectivity index (χ1) is 15.3. The van der Waals surface area contributed by atoms with Crippen LogP contribution in [0.4, 0.5) is 13.9 Å². The molecule has 1 amide bonds. The predicted octanol–water partition coefficient (Wildman–Crippen LogP) is 5.88. The summed E-state index contributed by atoms with van der Waals surface area (Å²) >= 11 is 4.73. The summed E-state index contributed by atoms with van der Waals surface area (Å²) in [7, 11) is 0. The second-order valence-electron chi connectivity index (χ2n) is 6.80. The lowest BCUT2D eigenvalue weighted by Gasteiger charge is -2.04. The van der Waals surface area contributed by atoms with E-state index in [9.17, 15) is 13.6 Å². The minimum atomic E-state index is -2.88. The lowest BCUT2D eigenvalue weighted by molar-refractivity contribution is -0.0498. The number of thiazole rings is 1. The Labute approximate surface area is 194 Å². The number of furan rings is 1. The summed E-state index contributed by atoms with van der Waals surface area (Å²) in [4.78, 5) is 16.9. The van der Waals surface area contributed by atoms with Gasteiger partial charge in [-0.05, 0) is 66.2 Å². The van der Waals surface area contributed by atoms with Crippen molar-refractivity contribution < 1.29 is 22.7 Å². The summed E-state index contributed by atoms with van der Waals surface area (Å²) in [6.45, 7) is 1.37. The number of hydrogen-bond donors (Lipinski definition) is 1. The van der Waals surface area contributed by atoms with Gasteiger partial charge in [0, 0.05) is 10.9 Å². The first-order valence-electron chi connectivity index (χ1n) is 9.40. The van der Waals surface area contributed by atoms with E-state index in [-0.39, 0.29) is 11.5 Å². The Balaban J connectivity index is 1.40. The van der Waals surface area contributed by atoms with Crippen molar-refractivity contribution in [3.63, 3.8) is 0 Å². The zero-order chi connectivity index (χ0) is 22.8. The van der Waals surface area contributed by atoms with E-state index < -0.39 is 12.5 Å². The Hall–Kier alpha value is -3.05. The lowest BCUT2D eigenvalue weighted by atomic mass is 10.2. The summed E-state index contributed by atoms with van der Waals surface area (Å²) < 4.78 is 37.3. The van der Waals surface area contributed by atoms with Crippen molar-refractivity contribution in [2.45, 2.75) is 27.0 Å². The Morgan fingerprint density at radius 2 is 2.00 bits per heavy atom. The fourth-order valence-electron chi connectivity index (χ4n) is 2.99. The van der Waals surface area contributed by atoms with Gasteiger partial charge >= 0.3 is 6.61 Å². The van der Waals surface area contributed by atoms with Crippen LogP contribution >= 0.6 is 27.3 Å². The summed E-state index contributed by atoms with van der Waals surface area (Å²) in [5.41, 5.74) is 3.15. The highest BCUT2D eigenvalue weighted by Gasteiger charge is 2.16. The minimum Gasteiger partial charge on any atom is -0.454 e. The van der Waals surface area contributed by atoms with Crippen molar-refractivity contribution in [1.82, 2.24) is 14.8 Å². The zero-order valence-corrected chi connectivity index (χ0v) is 19.3. The molecule has 0 aliphatic carbocycles. The van der Waals surface area contributed by atoms with E-state index in [1.54, 1.807) is 34.3 Å². The average Bonchev–Trinajstić information content (AvgIpc) is 3.46. The predicted molar refractivity (Wildman–Crippen MR) is 119 cm³/mol. The van der Waals surface area contributed by atoms with Gasteiger partial charge in [-0.15, -0.1) is 11.3 Å². The number of ether oxygens (including phenoxy) is 1. The van der Waals surface area contributed by atoms with Gasteiger partial charge in [0.1, 0.15) is 11.5 Å². The number of nitrogens with one attached hydrogen (secondary N) is 1. The molecule has 0 saturated carbocycles. The number of alkyl halides is 2. The van der Waals surface area contributed by atoms with Crippen LogP contribution in [-0.4, -0.2) is 27.3 Å². The van der Waals surface area contributed by atoms with Crippen LogP contribution in [0.3, 0.4) is 0 Å². The molecular formula is C21H17BrF2N4O3S. The highest BCUT2D eigenvalue weighted by molar-refractivity contribution is 9.10. The first kappa shape index (κ1) is 22.2. The van der Waals surface area contributed by atoms with Crippen LogP contribution in [0.5, 0.6) is 5.75 Å². The molecule has 0 fully saturated rings. The van der Waals surface area contributed by atoms with E-state index >= 15 is 0 Å². The van der Waals surface area contributed by atoms with Crippen molar-refractivity contribution in [2.75, 3.05) is 5.32 Å². The molecule has 0 aliphatic heterocycles. The number of anilines is 1. The number of halogens is 3. The highest BCUT2D eigenvalue weighted by atomic mass is 79.9. The average molecular weight is 523 g/mol. The molecule has 11 heteroatoms. The number of benzene rings is 1. The largest absolute Gasteiger partial charge is 0.454 e. The lowest BCUT2D eigenvalue weighted by Crippen LogP contribution is -2.10. The number of aryl methyl sites for hydroxylation is 1. The van der Waals surface area contributed by atoms with Crippen molar-refractivity contribution in [3.05, 3.63) is 69.2 Å². The molecule has 1 N–H and O–H groups in total. The van der Waals surface area contributed by atoms with E-state index in [0.717, 1.165) is 15.9 Å². The van der Waals surface area contributed by atoms with E-state index in [2.05, 4.69) is 36.1 Å². The molecule has 0 radical (unpaired) electrons. The quantitative estimate of drug-likeness (QED) is 0.327. The third-order valence-corrected chi connectivity index (χ3v) is 6.49. The van der Waals surface area contributed by atoms with Crippen molar-refractivity contribution in [1.29, 1.82) is 0 Å². The van der Waals surface area contributed by atoms with E-state index in [4.69, 9.17) is 4.42 Å². The maximum atomic E-state index is 12.5. The second kappa shape index (κ2) is 9.21. The number of carbonyl (C=O) groups is 1. The van der Waals surface area contributed by atoms with Gasteiger partial charge in [-0.2, -0.15) is 13.9 Å². The van der Waals surface area contributed by atoms with Crippen molar-refractivity contribution in [2.24, 2.45) is 0 Å².